The Hall–Kier alpha value is -2.96. The van der Waals surface area contributed by atoms with Gasteiger partial charge in [0.2, 0.25) is 0 Å². The van der Waals surface area contributed by atoms with Crippen LogP contribution in [-0.2, 0) is 0 Å². The van der Waals surface area contributed by atoms with Crippen LogP contribution in [-0.4, -0.2) is 21.3 Å². The third-order valence-corrected chi connectivity index (χ3v) is 3.23. The van der Waals surface area contributed by atoms with Crippen LogP contribution in [0.3, 0.4) is 0 Å². The first-order valence-corrected chi connectivity index (χ1v) is 6.60. The minimum absolute atomic E-state index is 0.291. The largest absolute Gasteiger partial charge is 0.359 e. The molecule has 2 aromatic heterocycles. The number of rotatable bonds is 3. The smallest absolute Gasteiger partial charge is 0.273 e. The van der Waals surface area contributed by atoms with Crippen LogP contribution < -0.4 is 5.32 Å². The molecule has 1 amide bonds. The van der Waals surface area contributed by atoms with E-state index in [1.54, 1.807) is 32.0 Å². The van der Waals surface area contributed by atoms with E-state index in [0.717, 1.165) is 0 Å². The summed E-state index contributed by atoms with van der Waals surface area (Å²) in [6.45, 7) is 3.45. The zero-order chi connectivity index (χ0) is 15.7. The van der Waals surface area contributed by atoms with Crippen molar-refractivity contribution in [3.05, 3.63) is 53.3 Å². The van der Waals surface area contributed by atoms with E-state index >= 15 is 0 Å². The van der Waals surface area contributed by atoms with Gasteiger partial charge in [-0.15, -0.1) is 0 Å². The van der Waals surface area contributed by atoms with Gasteiger partial charge in [-0.2, -0.15) is 5.10 Å². The Kier molecular flexibility index (Phi) is 3.46. The molecule has 2 N–H and O–H groups in total. The van der Waals surface area contributed by atoms with Crippen LogP contribution in [0.2, 0.25) is 0 Å². The number of amides is 1. The van der Waals surface area contributed by atoms with Crippen molar-refractivity contribution in [1.82, 2.24) is 15.4 Å². The van der Waals surface area contributed by atoms with Crippen molar-refractivity contribution < 1.29 is 13.7 Å². The van der Waals surface area contributed by atoms with Crippen molar-refractivity contribution in [3.8, 4) is 11.3 Å². The van der Waals surface area contributed by atoms with Crippen LogP contribution >= 0.6 is 0 Å². The van der Waals surface area contributed by atoms with Crippen LogP contribution in [0.15, 0.2) is 34.9 Å². The van der Waals surface area contributed by atoms with Crippen molar-refractivity contribution in [3.63, 3.8) is 0 Å². The van der Waals surface area contributed by atoms with Crippen LogP contribution in [0.25, 0.3) is 11.3 Å². The number of hydrogen-bond acceptors (Lipinski definition) is 4. The normalized spacial score (nSPS) is 10.7. The van der Waals surface area contributed by atoms with Crippen molar-refractivity contribution in [2.45, 2.75) is 13.8 Å². The number of H-pyrrole nitrogens is 1. The van der Waals surface area contributed by atoms with Crippen LogP contribution in [0.5, 0.6) is 0 Å². The molecule has 3 rings (SSSR count). The van der Waals surface area contributed by atoms with E-state index in [0.29, 0.717) is 34.1 Å². The van der Waals surface area contributed by atoms with Gasteiger partial charge in [-0.1, -0.05) is 5.16 Å². The molecule has 22 heavy (non-hydrogen) atoms. The van der Waals surface area contributed by atoms with E-state index in [-0.39, 0.29) is 11.7 Å². The van der Waals surface area contributed by atoms with Crippen molar-refractivity contribution in [2.24, 2.45) is 0 Å². The molecule has 1 aromatic carbocycles. The molecule has 0 unspecified atom stereocenters. The highest BCUT2D eigenvalue weighted by atomic mass is 19.1. The molecule has 2 heterocycles. The number of benzene rings is 1. The number of halogens is 1. The molecule has 6 nitrogen and oxygen atoms in total. The standard InChI is InChI=1S/C15H13FN4O2/c1-8-14(9(2)22-20-8)17-15(21)13-7-12(18-19-13)10-3-5-11(16)6-4-10/h3-7H,1-2H3,(H,17,21)(H,18,19). The third kappa shape index (κ3) is 2.60. The first kappa shape index (κ1) is 14.0. The fourth-order valence-corrected chi connectivity index (χ4v) is 2.05. The molecule has 0 fully saturated rings. The molecule has 0 saturated carbocycles. The molecule has 0 radical (unpaired) electrons. The monoisotopic (exact) mass is 300 g/mol. The summed E-state index contributed by atoms with van der Waals surface area (Å²) in [7, 11) is 0. The predicted octanol–water partition coefficient (Wildman–Crippen LogP) is 3.07. The number of anilines is 1. The van der Waals surface area contributed by atoms with Crippen LogP contribution in [0, 0.1) is 19.7 Å². The molecule has 0 aliphatic rings. The fraction of sp³-hybridized carbons (Fsp3) is 0.133. The van der Waals surface area contributed by atoms with E-state index in [1.165, 1.54) is 12.1 Å². The summed E-state index contributed by atoms with van der Waals surface area (Å²) in [6, 6.07) is 7.48. The Bertz CT molecular complexity index is 801. The molecule has 7 heteroatoms. The van der Waals surface area contributed by atoms with Crippen molar-refractivity contribution >= 4 is 11.6 Å². The number of nitrogens with one attached hydrogen (secondary N) is 2. The molecule has 0 aliphatic heterocycles. The maximum Gasteiger partial charge on any atom is 0.273 e. The van der Waals surface area contributed by atoms with Gasteiger partial charge in [0.1, 0.15) is 22.9 Å². The topological polar surface area (TPSA) is 83.8 Å². The highest BCUT2D eigenvalue weighted by molar-refractivity contribution is 6.04. The minimum Gasteiger partial charge on any atom is -0.359 e. The van der Waals surface area contributed by atoms with E-state index < -0.39 is 0 Å². The number of hydrogen-bond donors (Lipinski definition) is 2. The summed E-state index contributed by atoms with van der Waals surface area (Å²) in [5.41, 5.74) is 2.71. The molecular formula is C15H13FN4O2. The zero-order valence-electron chi connectivity index (χ0n) is 12.0. The van der Waals surface area contributed by atoms with Gasteiger partial charge in [-0.3, -0.25) is 9.89 Å². The van der Waals surface area contributed by atoms with Crippen molar-refractivity contribution in [2.75, 3.05) is 5.32 Å². The highest BCUT2D eigenvalue weighted by Gasteiger charge is 2.16. The fourth-order valence-electron chi connectivity index (χ4n) is 2.05. The van der Waals surface area contributed by atoms with E-state index in [4.69, 9.17) is 4.52 Å². The van der Waals surface area contributed by atoms with E-state index in [1.807, 2.05) is 0 Å². The van der Waals surface area contributed by atoms with Gasteiger partial charge in [0, 0.05) is 5.56 Å². The molecular weight excluding hydrogens is 287 g/mol. The van der Waals surface area contributed by atoms with Gasteiger partial charge in [-0.25, -0.2) is 4.39 Å². The lowest BCUT2D eigenvalue weighted by Gasteiger charge is -2.01. The second-order valence-corrected chi connectivity index (χ2v) is 4.83. The number of carbonyl (C=O) groups excluding carboxylic acids is 1. The number of aromatic amines is 1. The summed E-state index contributed by atoms with van der Waals surface area (Å²) in [4.78, 5) is 12.2. The maximum absolute atomic E-state index is 12.9. The number of nitrogens with zero attached hydrogens (tertiary/aromatic N) is 2. The molecule has 112 valence electrons. The van der Waals surface area contributed by atoms with Gasteiger partial charge < -0.3 is 9.84 Å². The second kappa shape index (κ2) is 5.44. The first-order valence-electron chi connectivity index (χ1n) is 6.60. The number of aromatic nitrogens is 3. The van der Waals surface area contributed by atoms with Gasteiger partial charge in [0.05, 0.1) is 5.69 Å². The second-order valence-electron chi connectivity index (χ2n) is 4.83. The van der Waals surface area contributed by atoms with Crippen LogP contribution in [0.1, 0.15) is 21.9 Å². The van der Waals surface area contributed by atoms with Crippen molar-refractivity contribution in [1.29, 1.82) is 0 Å². The quantitative estimate of drug-likeness (QED) is 0.778. The average Bonchev–Trinajstić information content (AvgIpc) is 3.10. The van der Waals surface area contributed by atoms with Gasteiger partial charge >= 0.3 is 0 Å². The summed E-state index contributed by atoms with van der Waals surface area (Å²) in [5, 5.41) is 13.2. The Morgan fingerprint density at radius 1 is 1.27 bits per heavy atom. The van der Waals surface area contributed by atoms with Crippen LogP contribution in [0.4, 0.5) is 10.1 Å². The number of aryl methyl sites for hydroxylation is 2. The summed E-state index contributed by atoms with van der Waals surface area (Å²) < 4.78 is 17.9. The molecule has 0 bridgehead atoms. The lowest BCUT2D eigenvalue weighted by Crippen LogP contribution is -2.13. The summed E-state index contributed by atoms with van der Waals surface area (Å²) >= 11 is 0. The minimum atomic E-state index is -0.352. The lowest BCUT2D eigenvalue weighted by atomic mass is 10.1. The highest BCUT2D eigenvalue weighted by Crippen LogP contribution is 2.21. The maximum atomic E-state index is 12.9. The van der Waals surface area contributed by atoms with Gasteiger partial charge in [0.15, 0.2) is 5.76 Å². The van der Waals surface area contributed by atoms with Gasteiger partial charge in [-0.05, 0) is 44.2 Å². The molecule has 0 aliphatic carbocycles. The molecule has 0 atom stereocenters. The van der Waals surface area contributed by atoms with E-state index in [9.17, 15) is 9.18 Å². The molecule has 3 aromatic rings. The Labute approximate surface area is 125 Å². The molecule has 0 spiro atoms. The van der Waals surface area contributed by atoms with Gasteiger partial charge in [0.25, 0.3) is 5.91 Å². The average molecular weight is 300 g/mol. The lowest BCUT2D eigenvalue weighted by molar-refractivity contribution is 0.102. The Morgan fingerprint density at radius 3 is 2.64 bits per heavy atom. The zero-order valence-corrected chi connectivity index (χ0v) is 12.0. The van der Waals surface area contributed by atoms with E-state index in [2.05, 4.69) is 20.7 Å². The summed E-state index contributed by atoms with van der Waals surface area (Å²) in [6.07, 6.45) is 0. The Morgan fingerprint density at radius 2 is 2.00 bits per heavy atom. The molecule has 0 saturated heterocycles. The SMILES string of the molecule is Cc1noc(C)c1NC(=O)c1cc(-c2ccc(F)cc2)n[nH]1. The summed E-state index contributed by atoms with van der Waals surface area (Å²) in [5.74, 6) is -0.143. The number of carbonyl (C=O) groups is 1. The third-order valence-electron chi connectivity index (χ3n) is 3.23. The first-order chi connectivity index (χ1) is 10.5. The Balaban J connectivity index is 1.81. The predicted molar refractivity (Wildman–Crippen MR) is 77.9 cm³/mol.